The molecule has 0 atom stereocenters. The van der Waals surface area contributed by atoms with E-state index in [2.05, 4.69) is 0 Å². The molecular formula is C15H12FNO. The second-order valence-corrected chi connectivity index (χ2v) is 4.09. The highest BCUT2D eigenvalue weighted by Gasteiger charge is 2.06. The van der Waals surface area contributed by atoms with E-state index in [4.69, 9.17) is 4.74 Å². The lowest BCUT2D eigenvalue weighted by Gasteiger charge is -2.08. The van der Waals surface area contributed by atoms with E-state index < -0.39 is 0 Å². The Morgan fingerprint density at radius 2 is 1.89 bits per heavy atom. The van der Waals surface area contributed by atoms with E-state index in [1.807, 2.05) is 47.2 Å². The fourth-order valence-electron chi connectivity index (χ4n) is 2.11. The Hall–Kier alpha value is -2.29. The van der Waals surface area contributed by atoms with Gasteiger partial charge in [-0.25, -0.2) is 4.39 Å². The number of benzene rings is 2. The van der Waals surface area contributed by atoms with E-state index in [1.54, 1.807) is 0 Å². The van der Waals surface area contributed by atoms with Gasteiger partial charge in [-0.2, -0.15) is 0 Å². The molecule has 0 saturated carbocycles. The van der Waals surface area contributed by atoms with E-state index in [-0.39, 0.29) is 5.82 Å². The second kappa shape index (κ2) is 4.18. The summed E-state index contributed by atoms with van der Waals surface area (Å²) in [5.41, 5.74) is 1.80. The van der Waals surface area contributed by atoms with E-state index in [1.165, 1.54) is 19.2 Å². The van der Waals surface area contributed by atoms with Gasteiger partial charge in [-0.15, -0.1) is 0 Å². The minimum absolute atomic E-state index is 0.304. The number of aromatic nitrogens is 1. The Bertz CT molecular complexity index is 703. The van der Waals surface area contributed by atoms with Gasteiger partial charge in [0.15, 0.2) is 0 Å². The summed E-state index contributed by atoms with van der Waals surface area (Å²) >= 11 is 0. The van der Waals surface area contributed by atoms with Gasteiger partial charge in [0, 0.05) is 18.3 Å². The molecule has 0 unspecified atom stereocenters. The van der Waals surface area contributed by atoms with Crippen molar-refractivity contribution in [1.82, 2.24) is 4.57 Å². The normalized spacial score (nSPS) is 10.8. The predicted octanol–water partition coefficient (Wildman–Crippen LogP) is 3.78. The predicted molar refractivity (Wildman–Crippen MR) is 69.8 cm³/mol. The van der Waals surface area contributed by atoms with E-state index in [0.717, 1.165) is 16.6 Å². The van der Waals surface area contributed by atoms with Crippen LogP contribution in [0.4, 0.5) is 4.39 Å². The number of hydrogen-bond acceptors (Lipinski definition) is 1. The second-order valence-electron chi connectivity index (χ2n) is 4.09. The van der Waals surface area contributed by atoms with Crippen LogP contribution in [0.2, 0.25) is 0 Å². The highest BCUT2D eigenvalue weighted by molar-refractivity contribution is 5.81. The smallest absolute Gasteiger partial charge is 0.128 e. The average Bonchev–Trinajstić information content (AvgIpc) is 2.81. The van der Waals surface area contributed by atoms with Crippen molar-refractivity contribution in [3.05, 3.63) is 60.5 Å². The SMILES string of the molecule is COc1cc(F)cc(-n2ccc3ccccc32)c1. The highest BCUT2D eigenvalue weighted by Crippen LogP contribution is 2.24. The monoisotopic (exact) mass is 241 g/mol. The van der Waals surface area contributed by atoms with Crippen molar-refractivity contribution in [2.75, 3.05) is 7.11 Å². The van der Waals surface area contributed by atoms with Crippen LogP contribution in [0, 0.1) is 5.82 Å². The van der Waals surface area contributed by atoms with Crippen molar-refractivity contribution in [2.24, 2.45) is 0 Å². The highest BCUT2D eigenvalue weighted by atomic mass is 19.1. The molecule has 0 aliphatic carbocycles. The van der Waals surface area contributed by atoms with Crippen molar-refractivity contribution in [3.8, 4) is 11.4 Å². The van der Waals surface area contributed by atoms with Gasteiger partial charge in [-0.3, -0.25) is 0 Å². The lowest BCUT2D eigenvalue weighted by atomic mass is 10.2. The van der Waals surface area contributed by atoms with E-state index in [0.29, 0.717) is 5.75 Å². The van der Waals surface area contributed by atoms with Gasteiger partial charge in [0.1, 0.15) is 11.6 Å². The quantitative estimate of drug-likeness (QED) is 0.666. The van der Waals surface area contributed by atoms with Crippen LogP contribution in [0.25, 0.3) is 16.6 Å². The molecule has 0 amide bonds. The number of methoxy groups -OCH3 is 1. The molecule has 1 aromatic heterocycles. The van der Waals surface area contributed by atoms with Crippen LogP contribution in [0.3, 0.4) is 0 Å². The molecule has 0 aliphatic rings. The number of para-hydroxylation sites is 1. The fraction of sp³-hybridized carbons (Fsp3) is 0.0667. The number of halogens is 1. The molecule has 0 bridgehead atoms. The van der Waals surface area contributed by atoms with Crippen LogP contribution < -0.4 is 4.74 Å². The van der Waals surface area contributed by atoms with Crippen LogP contribution >= 0.6 is 0 Å². The van der Waals surface area contributed by atoms with Gasteiger partial charge in [0.25, 0.3) is 0 Å². The first-order chi connectivity index (χ1) is 8.78. The van der Waals surface area contributed by atoms with E-state index in [9.17, 15) is 4.39 Å². The molecule has 0 N–H and O–H groups in total. The Kier molecular flexibility index (Phi) is 2.52. The Morgan fingerprint density at radius 3 is 2.72 bits per heavy atom. The minimum atomic E-state index is -0.304. The number of ether oxygens (including phenoxy) is 1. The first-order valence-electron chi connectivity index (χ1n) is 5.69. The number of nitrogens with zero attached hydrogens (tertiary/aromatic N) is 1. The molecule has 0 aliphatic heterocycles. The molecule has 0 radical (unpaired) electrons. The van der Waals surface area contributed by atoms with Crippen molar-refractivity contribution < 1.29 is 9.13 Å². The molecule has 3 heteroatoms. The van der Waals surface area contributed by atoms with Crippen LogP contribution in [0.1, 0.15) is 0 Å². The van der Waals surface area contributed by atoms with Crippen LogP contribution in [-0.4, -0.2) is 11.7 Å². The number of hydrogen-bond donors (Lipinski definition) is 0. The summed E-state index contributed by atoms with van der Waals surface area (Å²) in [5, 5.41) is 1.13. The fourth-order valence-corrected chi connectivity index (χ4v) is 2.11. The number of fused-ring (bicyclic) bond motifs is 1. The Morgan fingerprint density at radius 1 is 1.06 bits per heavy atom. The first-order valence-corrected chi connectivity index (χ1v) is 5.69. The van der Waals surface area contributed by atoms with Crippen LogP contribution in [-0.2, 0) is 0 Å². The molecule has 0 fully saturated rings. The molecule has 2 nitrogen and oxygen atoms in total. The molecule has 0 spiro atoms. The van der Waals surface area contributed by atoms with Gasteiger partial charge < -0.3 is 9.30 Å². The third-order valence-electron chi connectivity index (χ3n) is 2.97. The largest absolute Gasteiger partial charge is 0.497 e. The van der Waals surface area contributed by atoms with Crippen molar-refractivity contribution in [1.29, 1.82) is 0 Å². The van der Waals surface area contributed by atoms with Gasteiger partial charge in [-0.1, -0.05) is 18.2 Å². The van der Waals surface area contributed by atoms with Gasteiger partial charge in [-0.05, 0) is 23.6 Å². The van der Waals surface area contributed by atoms with Crippen molar-refractivity contribution >= 4 is 10.9 Å². The summed E-state index contributed by atoms with van der Waals surface area (Å²) in [6, 6.07) is 14.7. The van der Waals surface area contributed by atoms with Gasteiger partial charge >= 0.3 is 0 Å². The maximum atomic E-state index is 13.5. The van der Waals surface area contributed by atoms with Gasteiger partial charge in [0.05, 0.1) is 18.3 Å². The molecule has 2 aromatic carbocycles. The van der Waals surface area contributed by atoms with E-state index >= 15 is 0 Å². The summed E-state index contributed by atoms with van der Waals surface area (Å²) in [7, 11) is 1.53. The molecule has 3 aromatic rings. The molecule has 3 rings (SSSR count). The molecule has 90 valence electrons. The minimum Gasteiger partial charge on any atom is -0.497 e. The maximum Gasteiger partial charge on any atom is 0.128 e. The summed E-state index contributed by atoms with van der Waals surface area (Å²) in [4.78, 5) is 0. The summed E-state index contributed by atoms with van der Waals surface area (Å²) in [6.07, 6.45) is 1.93. The van der Waals surface area contributed by atoms with Gasteiger partial charge in [0.2, 0.25) is 0 Å². The molecular weight excluding hydrogens is 229 g/mol. The third-order valence-corrected chi connectivity index (χ3v) is 2.97. The van der Waals surface area contributed by atoms with Crippen molar-refractivity contribution in [2.45, 2.75) is 0 Å². The average molecular weight is 241 g/mol. The maximum absolute atomic E-state index is 13.5. The summed E-state index contributed by atoms with van der Waals surface area (Å²) in [6.45, 7) is 0. The molecule has 18 heavy (non-hydrogen) atoms. The standard InChI is InChI=1S/C15H12FNO/c1-18-14-9-12(16)8-13(10-14)17-7-6-11-4-2-3-5-15(11)17/h2-10H,1H3. The zero-order valence-electron chi connectivity index (χ0n) is 9.93. The zero-order chi connectivity index (χ0) is 12.5. The zero-order valence-corrected chi connectivity index (χ0v) is 9.93. The first kappa shape index (κ1) is 10.8. The van der Waals surface area contributed by atoms with Crippen LogP contribution in [0.5, 0.6) is 5.75 Å². The molecule has 0 saturated heterocycles. The number of rotatable bonds is 2. The lowest BCUT2D eigenvalue weighted by Crippen LogP contribution is -1.94. The third kappa shape index (κ3) is 1.74. The summed E-state index contributed by atoms with van der Waals surface area (Å²) < 4.78 is 20.6. The Labute approximate surface area is 104 Å². The lowest BCUT2D eigenvalue weighted by molar-refractivity contribution is 0.411. The van der Waals surface area contributed by atoms with Crippen molar-refractivity contribution in [3.63, 3.8) is 0 Å². The topological polar surface area (TPSA) is 14.2 Å². The molecule has 1 heterocycles. The Balaban J connectivity index is 2.22. The van der Waals surface area contributed by atoms with Crippen LogP contribution in [0.15, 0.2) is 54.7 Å². The summed E-state index contributed by atoms with van der Waals surface area (Å²) in [5.74, 6) is 0.213.